The zero-order chi connectivity index (χ0) is 23.1. The topological polar surface area (TPSA) is 107 Å². The van der Waals surface area contributed by atoms with E-state index in [0.717, 1.165) is 12.8 Å². The van der Waals surface area contributed by atoms with E-state index in [0.29, 0.717) is 19.5 Å². The highest BCUT2D eigenvalue weighted by Gasteiger charge is 2.07. The third-order valence-corrected chi connectivity index (χ3v) is 6.37. The Morgan fingerprint density at radius 2 is 1.27 bits per heavy atom. The number of nitrogens with one attached hydrogen (secondary N) is 1. The summed E-state index contributed by atoms with van der Waals surface area (Å²) in [4.78, 5) is 12.1. The van der Waals surface area contributed by atoms with E-state index in [-0.39, 0.29) is 12.4 Å². The van der Waals surface area contributed by atoms with E-state index in [9.17, 15) is 13.2 Å². The predicted molar refractivity (Wildman–Crippen MR) is 125 cm³/mol. The molecule has 0 spiro atoms. The first-order chi connectivity index (χ1) is 14.3. The first-order valence-electron chi connectivity index (χ1n) is 11.7. The van der Waals surface area contributed by atoms with Crippen molar-refractivity contribution in [3.63, 3.8) is 0 Å². The van der Waals surface area contributed by atoms with Gasteiger partial charge in [0, 0.05) is 19.5 Å². The SMILES string of the molecule is CCCCCCCCCCCCCCCC(=O)O.CNS(=O)(=O)CCN(C)CCO. The fraction of sp³-hybridized carbons (Fsp3) is 0.955. The van der Waals surface area contributed by atoms with Crippen LogP contribution in [-0.2, 0) is 14.8 Å². The van der Waals surface area contributed by atoms with Gasteiger partial charge in [-0.15, -0.1) is 0 Å². The maximum Gasteiger partial charge on any atom is 0.303 e. The normalized spacial score (nSPS) is 11.4. The standard InChI is InChI=1S/C16H32O2.C6H16N2O3S/c1-2-3-4-5-6-7-8-9-10-11-12-13-14-15-16(17)18;1-7-12(10,11)6-4-8(2)3-5-9/h2-15H2,1H3,(H,17,18);7,9H,3-6H2,1-2H3. The number of aliphatic hydroxyl groups is 1. The number of aliphatic hydroxyl groups excluding tert-OH is 1. The Labute approximate surface area is 185 Å². The van der Waals surface area contributed by atoms with Crippen molar-refractivity contribution in [2.75, 3.05) is 39.5 Å². The summed E-state index contributed by atoms with van der Waals surface area (Å²) in [5.41, 5.74) is 0. The van der Waals surface area contributed by atoms with Crippen LogP contribution in [0.4, 0.5) is 0 Å². The predicted octanol–water partition coefficient (Wildman–Crippen LogP) is 4.01. The summed E-state index contributed by atoms with van der Waals surface area (Å²) in [6.45, 7) is 3.25. The second kappa shape index (κ2) is 23.0. The van der Waals surface area contributed by atoms with Gasteiger partial charge >= 0.3 is 5.97 Å². The fourth-order valence-electron chi connectivity index (χ4n) is 2.95. The lowest BCUT2D eigenvalue weighted by atomic mass is 10.0. The van der Waals surface area contributed by atoms with Crippen LogP contribution >= 0.6 is 0 Å². The van der Waals surface area contributed by atoms with Crippen LogP contribution in [0.1, 0.15) is 96.8 Å². The molecule has 0 radical (unpaired) electrons. The molecule has 7 nitrogen and oxygen atoms in total. The lowest BCUT2D eigenvalue weighted by Gasteiger charge is -2.14. The van der Waals surface area contributed by atoms with E-state index in [2.05, 4.69) is 11.6 Å². The maximum atomic E-state index is 10.9. The van der Waals surface area contributed by atoms with Crippen LogP contribution < -0.4 is 4.72 Å². The summed E-state index contributed by atoms with van der Waals surface area (Å²) in [7, 11) is 0.0494. The third kappa shape index (κ3) is 27.3. The van der Waals surface area contributed by atoms with Crippen molar-refractivity contribution < 1.29 is 23.4 Å². The molecule has 0 bridgehead atoms. The van der Waals surface area contributed by atoms with Crippen LogP contribution in [0.25, 0.3) is 0 Å². The molecule has 182 valence electrons. The Hall–Kier alpha value is -0.700. The van der Waals surface area contributed by atoms with Crippen LogP contribution in [0.2, 0.25) is 0 Å². The number of carboxylic acid groups (broad SMARTS) is 1. The van der Waals surface area contributed by atoms with Crippen molar-refractivity contribution in [1.82, 2.24) is 9.62 Å². The molecule has 0 saturated heterocycles. The van der Waals surface area contributed by atoms with E-state index in [1.165, 1.54) is 77.7 Å². The quantitative estimate of drug-likeness (QED) is 0.241. The van der Waals surface area contributed by atoms with Gasteiger partial charge in [-0.25, -0.2) is 13.1 Å². The number of hydrogen-bond acceptors (Lipinski definition) is 5. The number of carboxylic acids is 1. The molecule has 0 rings (SSSR count). The van der Waals surface area contributed by atoms with E-state index in [4.69, 9.17) is 10.2 Å². The van der Waals surface area contributed by atoms with Gasteiger partial charge in [0.1, 0.15) is 0 Å². The molecule has 3 N–H and O–H groups in total. The molecule has 0 aliphatic rings. The minimum Gasteiger partial charge on any atom is -0.481 e. The minimum atomic E-state index is -3.11. The van der Waals surface area contributed by atoms with Gasteiger partial charge in [-0.2, -0.15) is 0 Å². The van der Waals surface area contributed by atoms with Gasteiger partial charge < -0.3 is 15.1 Å². The van der Waals surface area contributed by atoms with Crippen molar-refractivity contribution in [1.29, 1.82) is 0 Å². The summed E-state index contributed by atoms with van der Waals surface area (Å²) in [5, 5.41) is 17.0. The maximum absolute atomic E-state index is 10.9. The molecular formula is C22H48N2O5S. The number of rotatable bonds is 20. The molecule has 0 heterocycles. The van der Waals surface area contributed by atoms with Crippen LogP contribution in [0, 0.1) is 0 Å². The second-order valence-electron chi connectivity index (χ2n) is 7.94. The zero-order valence-corrected chi connectivity index (χ0v) is 20.5. The van der Waals surface area contributed by atoms with Crippen LogP contribution in [0.5, 0.6) is 0 Å². The number of aliphatic carboxylic acids is 1. The monoisotopic (exact) mass is 452 g/mol. The van der Waals surface area contributed by atoms with E-state index in [1.54, 1.807) is 11.9 Å². The van der Waals surface area contributed by atoms with Gasteiger partial charge in [0.15, 0.2) is 0 Å². The van der Waals surface area contributed by atoms with Crippen molar-refractivity contribution in [2.45, 2.75) is 96.8 Å². The number of likely N-dealkylation sites (N-methyl/N-ethyl adjacent to an activating group) is 1. The van der Waals surface area contributed by atoms with Crippen LogP contribution in [0.3, 0.4) is 0 Å². The van der Waals surface area contributed by atoms with Gasteiger partial charge in [0.25, 0.3) is 0 Å². The summed E-state index contributed by atoms with van der Waals surface area (Å²) >= 11 is 0. The second-order valence-corrected chi connectivity index (χ2v) is 9.98. The lowest BCUT2D eigenvalue weighted by Crippen LogP contribution is -2.32. The molecule has 0 fully saturated rings. The van der Waals surface area contributed by atoms with Gasteiger partial charge in [0.05, 0.1) is 12.4 Å². The van der Waals surface area contributed by atoms with E-state index < -0.39 is 16.0 Å². The molecule has 0 saturated carbocycles. The largest absolute Gasteiger partial charge is 0.481 e. The molecule has 0 aliphatic carbocycles. The molecule has 0 aromatic rings. The molecule has 0 unspecified atom stereocenters. The molecule has 0 aromatic carbocycles. The molecular weight excluding hydrogens is 404 g/mol. The molecule has 0 aliphatic heterocycles. The van der Waals surface area contributed by atoms with Crippen LogP contribution in [-0.4, -0.2) is 69.0 Å². The van der Waals surface area contributed by atoms with E-state index >= 15 is 0 Å². The Morgan fingerprint density at radius 3 is 1.63 bits per heavy atom. The summed E-state index contributed by atoms with van der Waals surface area (Å²) < 4.78 is 24.0. The Balaban J connectivity index is 0. The van der Waals surface area contributed by atoms with Gasteiger partial charge in [-0.3, -0.25) is 4.79 Å². The summed E-state index contributed by atoms with van der Waals surface area (Å²) in [6.07, 6.45) is 17.3. The number of carbonyl (C=O) groups is 1. The fourth-order valence-corrected chi connectivity index (χ4v) is 3.71. The molecule has 0 aromatic heterocycles. The molecule has 0 atom stereocenters. The highest BCUT2D eigenvalue weighted by Crippen LogP contribution is 2.12. The molecule has 30 heavy (non-hydrogen) atoms. The number of hydrogen-bond donors (Lipinski definition) is 3. The average molecular weight is 453 g/mol. The summed E-state index contributed by atoms with van der Waals surface area (Å²) in [5.74, 6) is -0.585. The number of sulfonamides is 1. The highest BCUT2D eigenvalue weighted by atomic mass is 32.2. The van der Waals surface area contributed by atoms with Crippen molar-refractivity contribution in [2.24, 2.45) is 0 Å². The van der Waals surface area contributed by atoms with Crippen molar-refractivity contribution >= 4 is 16.0 Å². The van der Waals surface area contributed by atoms with Gasteiger partial charge in [0.2, 0.25) is 10.0 Å². The van der Waals surface area contributed by atoms with Crippen LogP contribution in [0.15, 0.2) is 0 Å². The van der Waals surface area contributed by atoms with Crippen molar-refractivity contribution in [3.05, 3.63) is 0 Å². The minimum absolute atomic E-state index is 0.0517. The lowest BCUT2D eigenvalue weighted by molar-refractivity contribution is -0.137. The molecule has 8 heteroatoms. The number of nitrogens with zero attached hydrogens (tertiary/aromatic N) is 1. The Bertz CT molecular complexity index is 472. The average Bonchev–Trinajstić information content (AvgIpc) is 2.70. The Kier molecular flexibility index (Phi) is 24.1. The first kappa shape index (κ1) is 31.5. The van der Waals surface area contributed by atoms with Gasteiger partial charge in [-0.1, -0.05) is 84.0 Å². The highest BCUT2D eigenvalue weighted by molar-refractivity contribution is 7.89. The smallest absolute Gasteiger partial charge is 0.303 e. The Morgan fingerprint density at radius 1 is 0.833 bits per heavy atom. The third-order valence-electron chi connectivity index (χ3n) is 5.03. The number of unbranched alkanes of at least 4 members (excludes halogenated alkanes) is 12. The van der Waals surface area contributed by atoms with Gasteiger partial charge in [-0.05, 0) is 20.5 Å². The summed E-state index contributed by atoms with van der Waals surface area (Å²) in [6, 6.07) is 0. The zero-order valence-electron chi connectivity index (χ0n) is 19.7. The van der Waals surface area contributed by atoms with Crippen molar-refractivity contribution in [3.8, 4) is 0 Å². The van der Waals surface area contributed by atoms with E-state index in [1.807, 2.05) is 0 Å². The molecule has 0 amide bonds. The first-order valence-corrected chi connectivity index (χ1v) is 13.4.